The Morgan fingerprint density at radius 3 is 2.47 bits per heavy atom. The van der Waals surface area contributed by atoms with E-state index < -0.39 is 0 Å². The van der Waals surface area contributed by atoms with Gasteiger partial charge in [-0.2, -0.15) is 0 Å². The Bertz CT molecular complexity index is 630. The van der Waals surface area contributed by atoms with Gasteiger partial charge in [-0.25, -0.2) is 4.79 Å². The zero-order chi connectivity index (χ0) is 13.5. The van der Waals surface area contributed by atoms with Crippen molar-refractivity contribution in [2.24, 2.45) is 7.05 Å². The first-order valence-electron chi connectivity index (χ1n) is 6.70. The van der Waals surface area contributed by atoms with Gasteiger partial charge in [0.15, 0.2) is 0 Å². The average Bonchev–Trinajstić information content (AvgIpc) is 2.99. The molecule has 2 aromatic rings. The number of hydrogen-bond donors (Lipinski definition) is 1. The van der Waals surface area contributed by atoms with Crippen LogP contribution in [-0.4, -0.2) is 15.7 Å². The minimum atomic E-state index is -0.0158. The van der Waals surface area contributed by atoms with Crippen LogP contribution in [0.15, 0.2) is 41.5 Å². The second kappa shape index (κ2) is 4.38. The summed E-state index contributed by atoms with van der Waals surface area (Å²) in [5.41, 5.74) is 2.27. The molecule has 19 heavy (non-hydrogen) atoms. The molecular formula is C15H19N3O. The number of imidazole rings is 1. The second-order valence-electron chi connectivity index (χ2n) is 5.47. The third kappa shape index (κ3) is 2.02. The van der Waals surface area contributed by atoms with Gasteiger partial charge in [0, 0.05) is 25.0 Å². The highest BCUT2D eigenvalue weighted by Crippen LogP contribution is 2.30. The highest BCUT2D eigenvalue weighted by atomic mass is 16.1. The van der Waals surface area contributed by atoms with Gasteiger partial charge >= 0.3 is 5.69 Å². The number of nitrogens with zero attached hydrogens (tertiary/aromatic N) is 2. The van der Waals surface area contributed by atoms with E-state index in [0.717, 1.165) is 18.7 Å². The molecule has 1 saturated heterocycles. The van der Waals surface area contributed by atoms with E-state index in [2.05, 4.69) is 24.4 Å². The molecule has 4 nitrogen and oxygen atoms in total. The summed E-state index contributed by atoms with van der Waals surface area (Å²) >= 11 is 0. The molecule has 3 rings (SSSR count). The summed E-state index contributed by atoms with van der Waals surface area (Å²) < 4.78 is 3.24. The van der Waals surface area contributed by atoms with Crippen molar-refractivity contribution >= 4 is 0 Å². The van der Waals surface area contributed by atoms with Crippen LogP contribution < -0.4 is 11.0 Å². The Hall–Kier alpha value is -1.81. The van der Waals surface area contributed by atoms with Crippen LogP contribution in [-0.2, 0) is 12.6 Å². The van der Waals surface area contributed by atoms with Crippen molar-refractivity contribution in [2.45, 2.75) is 25.3 Å². The summed E-state index contributed by atoms with van der Waals surface area (Å²) in [4.78, 5) is 11.9. The van der Waals surface area contributed by atoms with Crippen molar-refractivity contribution in [3.8, 4) is 5.69 Å². The minimum Gasteiger partial charge on any atom is -0.308 e. The largest absolute Gasteiger partial charge is 0.332 e. The molecule has 1 N–H and O–H groups in total. The van der Waals surface area contributed by atoms with Crippen LogP contribution in [0.4, 0.5) is 0 Å². The lowest BCUT2D eigenvalue weighted by molar-refractivity contribution is 0.435. The van der Waals surface area contributed by atoms with Crippen LogP contribution in [0.1, 0.15) is 25.3 Å². The van der Waals surface area contributed by atoms with E-state index in [1.165, 1.54) is 12.0 Å². The van der Waals surface area contributed by atoms with Gasteiger partial charge in [-0.15, -0.1) is 0 Å². The van der Waals surface area contributed by atoms with Gasteiger partial charge in [-0.1, -0.05) is 12.1 Å². The van der Waals surface area contributed by atoms with Crippen molar-refractivity contribution in [3.63, 3.8) is 0 Å². The fraction of sp³-hybridized carbons (Fsp3) is 0.400. The molecule has 0 radical (unpaired) electrons. The van der Waals surface area contributed by atoms with Gasteiger partial charge in [0.25, 0.3) is 0 Å². The Morgan fingerprint density at radius 1 is 1.21 bits per heavy atom. The summed E-state index contributed by atoms with van der Waals surface area (Å²) in [6, 6.07) is 8.27. The van der Waals surface area contributed by atoms with Gasteiger partial charge in [0.05, 0.1) is 5.69 Å². The lowest BCUT2D eigenvalue weighted by Gasteiger charge is -2.25. The first-order valence-corrected chi connectivity index (χ1v) is 6.70. The smallest absolute Gasteiger partial charge is 0.308 e. The van der Waals surface area contributed by atoms with E-state index in [0.29, 0.717) is 0 Å². The first kappa shape index (κ1) is 12.2. The number of benzene rings is 1. The fourth-order valence-corrected chi connectivity index (χ4v) is 2.79. The van der Waals surface area contributed by atoms with Crippen molar-refractivity contribution in [3.05, 3.63) is 52.7 Å². The van der Waals surface area contributed by atoms with Crippen molar-refractivity contribution < 1.29 is 0 Å². The zero-order valence-electron chi connectivity index (χ0n) is 11.4. The lowest BCUT2D eigenvalue weighted by Crippen LogP contribution is -2.33. The van der Waals surface area contributed by atoms with E-state index >= 15 is 0 Å². The van der Waals surface area contributed by atoms with Crippen molar-refractivity contribution in [2.75, 3.05) is 6.54 Å². The molecule has 1 aromatic heterocycles. The highest BCUT2D eigenvalue weighted by Gasteiger charge is 2.29. The Morgan fingerprint density at radius 2 is 1.95 bits per heavy atom. The predicted octanol–water partition coefficient (Wildman–Crippen LogP) is 1.77. The number of nitrogens with one attached hydrogen (secondary N) is 1. The number of aryl methyl sites for hydroxylation is 1. The van der Waals surface area contributed by atoms with Gasteiger partial charge in [0.1, 0.15) is 0 Å². The molecule has 0 saturated carbocycles. The molecule has 0 spiro atoms. The van der Waals surface area contributed by atoms with E-state index in [-0.39, 0.29) is 11.2 Å². The quantitative estimate of drug-likeness (QED) is 0.890. The van der Waals surface area contributed by atoms with Gasteiger partial charge in [0.2, 0.25) is 0 Å². The maximum atomic E-state index is 11.9. The minimum absolute atomic E-state index is 0.0158. The monoisotopic (exact) mass is 257 g/mol. The Labute approximate surface area is 112 Å². The molecule has 0 amide bonds. The predicted molar refractivity (Wildman–Crippen MR) is 75.6 cm³/mol. The van der Waals surface area contributed by atoms with E-state index in [4.69, 9.17) is 0 Å². The molecule has 1 aromatic carbocycles. The van der Waals surface area contributed by atoms with Gasteiger partial charge in [-0.3, -0.25) is 4.57 Å². The topological polar surface area (TPSA) is 39.0 Å². The average molecular weight is 257 g/mol. The molecule has 1 aliphatic rings. The van der Waals surface area contributed by atoms with Crippen LogP contribution >= 0.6 is 0 Å². The molecule has 1 fully saturated rings. The summed E-state index contributed by atoms with van der Waals surface area (Å²) in [5.74, 6) is 0. The number of aromatic nitrogens is 2. The molecule has 0 aliphatic carbocycles. The molecular weight excluding hydrogens is 238 g/mol. The first-order chi connectivity index (χ1) is 9.10. The maximum absolute atomic E-state index is 11.9. The lowest BCUT2D eigenvalue weighted by atomic mass is 9.90. The molecule has 2 heterocycles. The van der Waals surface area contributed by atoms with E-state index in [9.17, 15) is 4.79 Å². The van der Waals surface area contributed by atoms with Gasteiger partial charge < -0.3 is 9.88 Å². The van der Waals surface area contributed by atoms with Crippen molar-refractivity contribution in [1.82, 2.24) is 14.5 Å². The van der Waals surface area contributed by atoms with Crippen LogP contribution in [0.2, 0.25) is 0 Å². The molecule has 1 aliphatic heterocycles. The van der Waals surface area contributed by atoms with E-state index in [1.807, 2.05) is 12.1 Å². The third-order valence-corrected chi connectivity index (χ3v) is 4.10. The number of rotatable bonds is 2. The molecule has 1 unspecified atom stereocenters. The molecule has 1 atom stereocenters. The normalized spacial score (nSPS) is 22.8. The standard InChI is InChI=1S/C15H19N3O/c1-15(8-3-9-16-15)12-4-6-13(7-5-12)18-11-10-17(2)14(18)19/h4-7,10-11,16H,3,8-9H2,1-2H3. The van der Waals surface area contributed by atoms with Crippen molar-refractivity contribution in [1.29, 1.82) is 0 Å². The van der Waals surface area contributed by atoms with Gasteiger partial charge in [-0.05, 0) is 44.0 Å². The summed E-state index contributed by atoms with van der Waals surface area (Å²) in [6.07, 6.45) is 5.96. The maximum Gasteiger partial charge on any atom is 0.332 e. The third-order valence-electron chi connectivity index (χ3n) is 4.10. The Balaban J connectivity index is 1.95. The molecule has 100 valence electrons. The van der Waals surface area contributed by atoms with Crippen LogP contribution in [0.5, 0.6) is 0 Å². The van der Waals surface area contributed by atoms with Crippen LogP contribution in [0.25, 0.3) is 5.69 Å². The zero-order valence-corrected chi connectivity index (χ0v) is 11.4. The summed E-state index contributed by atoms with van der Waals surface area (Å²) in [6.45, 7) is 3.32. The van der Waals surface area contributed by atoms with E-state index in [1.54, 1.807) is 28.6 Å². The second-order valence-corrected chi connectivity index (χ2v) is 5.47. The summed E-state index contributed by atoms with van der Waals surface area (Å²) in [5, 5.41) is 3.55. The van der Waals surface area contributed by atoms with Crippen LogP contribution in [0.3, 0.4) is 0 Å². The summed E-state index contributed by atoms with van der Waals surface area (Å²) in [7, 11) is 1.76. The SMILES string of the molecule is Cn1ccn(-c2ccc(C3(C)CCCN3)cc2)c1=O. The Kier molecular flexibility index (Phi) is 2.82. The fourth-order valence-electron chi connectivity index (χ4n) is 2.79. The molecule has 4 heteroatoms. The highest BCUT2D eigenvalue weighted by molar-refractivity contribution is 5.37. The molecule has 0 bridgehead atoms. The number of hydrogen-bond acceptors (Lipinski definition) is 2. The van der Waals surface area contributed by atoms with Crippen LogP contribution in [0, 0.1) is 0 Å².